The molecule has 0 aromatic heterocycles. The molecule has 0 aliphatic heterocycles. The predicted octanol–water partition coefficient (Wildman–Crippen LogP) is -3.34. The zero-order valence-electron chi connectivity index (χ0n) is 4.36. The Morgan fingerprint density at radius 1 is 0.818 bits per heavy atom. The van der Waals surface area contributed by atoms with E-state index in [2.05, 4.69) is 4.31 Å². The Balaban J connectivity index is -0.000000320. The van der Waals surface area contributed by atoms with Gasteiger partial charge < -0.3 is 33.0 Å². The third-order valence-electron chi connectivity index (χ3n) is 0.200. The smallest absolute Gasteiger partial charge is 0.790 e. The Morgan fingerprint density at radius 2 is 1.00 bits per heavy atom. The molecule has 0 bridgehead atoms. The summed E-state index contributed by atoms with van der Waals surface area (Å²) in [5, 5.41) is 0. The summed E-state index contributed by atoms with van der Waals surface area (Å²) in [6, 6.07) is 0. The molecule has 0 saturated heterocycles. The van der Waals surface area contributed by atoms with E-state index in [1.54, 1.807) is 0 Å². The van der Waals surface area contributed by atoms with E-state index >= 15 is 0 Å². The Bertz CT molecular complexity index is 155. The molecule has 0 aliphatic rings. The minimum Gasteiger partial charge on any atom is -0.790 e. The summed E-state index contributed by atoms with van der Waals surface area (Å²) < 4.78 is 21.2. The van der Waals surface area contributed by atoms with Crippen LogP contribution in [-0.2, 0) is 47.6 Å². The van der Waals surface area contributed by atoms with E-state index in [0.717, 1.165) is 0 Å². The van der Waals surface area contributed by atoms with E-state index in [1.165, 1.54) is 0 Å². The van der Waals surface area contributed by atoms with Gasteiger partial charge >= 0.3 is 34.1 Å². The normalized spacial score (nSPS) is 11.3. The van der Waals surface area contributed by atoms with Crippen LogP contribution in [0.15, 0.2) is 0 Å². The second-order valence-corrected chi connectivity index (χ2v) is 3.42. The van der Waals surface area contributed by atoms with Gasteiger partial charge in [0.05, 0.1) is 15.6 Å². The van der Waals surface area contributed by atoms with Crippen LogP contribution in [0.25, 0.3) is 0 Å². The molecule has 0 aromatic rings. The average Bonchev–Trinajstić information content (AvgIpc) is 1.14. The second kappa shape index (κ2) is 5.86. The summed E-state index contributed by atoms with van der Waals surface area (Å²) in [4.78, 5) is 37.3. The van der Waals surface area contributed by atoms with E-state index in [-0.39, 0.29) is 34.1 Å². The molecule has 0 saturated carbocycles. The van der Waals surface area contributed by atoms with E-state index in [0.29, 0.717) is 0 Å². The van der Waals surface area contributed by atoms with Gasteiger partial charge in [-0.3, -0.25) is 0 Å². The Labute approximate surface area is 83.0 Å². The molecular formula is Cu2O7P2. The number of phosphoric acid groups is 2. The zero-order chi connectivity index (χ0) is 7.71. The first-order chi connectivity index (χ1) is 3.71. The van der Waals surface area contributed by atoms with Crippen LogP contribution in [0.4, 0.5) is 0 Å². The second-order valence-electron chi connectivity index (χ2n) is 0.976. The maximum absolute atomic E-state index is 9.32. The van der Waals surface area contributed by atoms with Gasteiger partial charge in [-0.15, -0.1) is 0 Å². The van der Waals surface area contributed by atoms with Gasteiger partial charge in [-0.05, 0) is 0 Å². The summed E-state index contributed by atoms with van der Waals surface area (Å²) in [7, 11) is -11.4. The largest absolute Gasteiger partial charge is 2.00 e. The molecule has 0 fully saturated rings. The van der Waals surface area contributed by atoms with Crippen molar-refractivity contribution in [3.8, 4) is 0 Å². The molecule has 0 rings (SSSR count). The van der Waals surface area contributed by atoms with Gasteiger partial charge in [-0.2, -0.15) is 0 Å². The van der Waals surface area contributed by atoms with Gasteiger partial charge in [-0.1, -0.05) is 0 Å². The van der Waals surface area contributed by atoms with Crippen LogP contribution in [0.2, 0.25) is 0 Å². The van der Waals surface area contributed by atoms with Crippen molar-refractivity contribution in [2.45, 2.75) is 0 Å². The van der Waals surface area contributed by atoms with Crippen LogP contribution < -0.4 is 19.6 Å². The van der Waals surface area contributed by atoms with Crippen LogP contribution in [0.3, 0.4) is 0 Å². The molecule has 7 nitrogen and oxygen atoms in total. The fraction of sp³-hybridized carbons (Fsp3) is 0. The Kier molecular flexibility index (Phi) is 9.68. The van der Waals surface area contributed by atoms with Crippen molar-refractivity contribution in [3.63, 3.8) is 0 Å². The molecule has 0 spiro atoms. The van der Waals surface area contributed by atoms with E-state index in [9.17, 15) is 28.7 Å². The zero-order valence-corrected chi connectivity index (χ0v) is 8.03. The molecule has 2 radical (unpaired) electrons. The van der Waals surface area contributed by atoms with Gasteiger partial charge in [-0.25, -0.2) is 0 Å². The average molecular weight is 301 g/mol. The van der Waals surface area contributed by atoms with Crippen molar-refractivity contribution >= 4 is 15.6 Å². The molecule has 74 valence electrons. The number of rotatable bonds is 2. The van der Waals surface area contributed by atoms with Gasteiger partial charge in [0.15, 0.2) is 0 Å². The van der Waals surface area contributed by atoms with Gasteiger partial charge in [0.25, 0.3) is 0 Å². The summed E-state index contributed by atoms with van der Waals surface area (Å²) in [6.07, 6.45) is 0. The summed E-state index contributed by atoms with van der Waals surface area (Å²) >= 11 is 0. The first-order valence-corrected chi connectivity index (χ1v) is 4.38. The van der Waals surface area contributed by atoms with E-state index in [1.807, 2.05) is 0 Å². The molecule has 0 atom stereocenters. The minimum absolute atomic E-state index is 0. The monoisotopic (exact) mass is 300 g/mol. The molecule has 0 aromatic carbocycles. The fourth-order valence-electron chi connectivity index (χ4n) is 0.122. The SMILES string of the molecule is O=P([O-])([O-])OP(=O)([O-])[O-].[Cu+2].[Cu+2]. The Morgan fingerprint density at radius 3 is 1.00 bits per heavy atom. The van der Waals surface area contributed by atoms with E-state index in [4.69, 9.17) is 0 Å². The van der Waals surface area contributed by atoms with Crippen LogP contribution >= 0.6 is 15.6 Å². The standard InChI is InChI=1S/2Cu.H4O7P2/c;;1-8(2,3)7-9(4,5)6/h;;(H2,1,2,3)(H2,4,5,6)/q2*+2;/p-4. The quantitative estimate of drug-likeness (QED) is 0.384. The van der Waals surface area contributed by atoms with Gasteiger partial charge in [0.2, 0.25) is 0 Å². The molecule has 0 N–H and O–H groups in total. The van der Waals surface area contributed by atoms with Crippen LogP contribution in [0.5, 0.6) is 0 Å². The maximum Gasteiger partial charge on any atom is 2.00 e. The third-order valence-corrected chi connectivity index (χ3v) is 1.80. The summed E-state index contributed by atoms with van der Waals surface area (Å²) in [5.74, 6) is 0. The molecule has 11 heteroatoms. The maximum atomic E-state index is 9.32. The molecular weight excluding hydrogens is 301 g/mol. The summed E-state index contributed by atoms with van der Waals surface area (Å²) in [6.45, 7) is 0. The molecule has 0 heterocycles. The van der Waals surface area contributed by atoms with Crippen LogP contribution in [-0.4, -0.2) is 0 Å². The van der Waals surface area contributed by atoms with Crippen molar-refractivity contribution in [3.05, 3.63) is 0 Å². The first kappa shape index (κ1) is 18.2. The molecule has 11 heavy (non-hydrogen) atoms. The topological polar surface area (TPSA) is 136 Å². The van der Waals surface area contributed by atoms with Gasteiger partial charge in [0, 0.05) is 0 Å². The third kappa shape index (κ3) is 18.3. The minimum atomic E-state index is -5.68. The number of hydrogen-bond donors (Lipinski definition) is 0. The number of hydrogen-bond acceptors (Lipinski definition) is 7. The Hall–Kier alpha value is 1.30. The van der Waals surface area contributed by atoms with E-state index < -0.39 is 15.6 Å². The predicted molar refractivity (Wildman–Crippen MR) is 16.3 cm³/mol. The van der Waals surface area contributed by atoms with Crippen molar-refractivity contribution in [1.29, 1.82) is 0 Å². The molecule has 0 aliphatic carbocycles. The van der Waals surface area contributed by atoms with Crippen molar-refractivity contribution in [2.24, 2.45) is 0 Å². The van der Waals surface area contributed by atoms with Crippen LogP contribution in [0, 0.1) is 0 Å². The molecule has 0 unspecified atom stereocenters. The van der Waals surface area contributed by atoms with Crippen molar-refractivity contribution < 1.29 is 67.2 Å². The van der Waals surface area contributed by atoms with Gasteiger partial charge in [0.1, 0.15) is 0 Å². The van der Waals surface area contributed by atoms with Crippen molar-refractivity contribution in [2.75, 3.05) is 0 Å². The van der Waals surface area contributed by atoms with Crippen LogP contribution in [0.1, 0.15) is 0 Å². The first-order valence-electron chi connectivity index (χ1n) is 1.46. The van der Waals surface area contributed by atoms with Crippen molar-refractivity contribution in [1.82, 2.24) is 0 Å². The summed E-state index contributed by atoms with van der Waals surface area (Å²) in [5.41, 5.74) is 0. The molecule has 0 amide bonds. The fourth-order valence-corrected chi connectivity index (χ4v) is 1.10.